The number of benzene rings is 1. The molecule has 1 aromatic rings. The van der Waals surface area contributed by atoms with Gasteiger partial charge in [0.15, 0.2) is 6.10 Å². The predicted octanol–water partition coefficient (Wildman–Crippen LogP) is 3.37. The van der Waals surface area contributed by atoms with Crippen molar-refractivity contribution in [3.63, 3.8) is 0 Å². The molecule has 1 aromatic carbocycles. The van der Waals surface area contributed by atoms with Crippen LogP contribution in [0.4, 0.5) is 8.78 Å². The van der Waals surface area contributed by atoms with Crippen molar-refractivity contribution in [2.45, 2.75) is 10.9 Å². The van der Waals surface area contributed by atoms with Gasteiger partial charge in [0.25, 0.3) is 0 Å². The molecule has 15 heavy (non-hydrogen) atoms. The van der Waals surface area contributed by atoms with Crippen LogP contribution in [0.15, 0.2) is 18.2 Å². The molecule has 0 aromatic heterocycles. The lowest BCUT2D eigenvalue weighted by atomic mass is 10.1. The molecule has 0 fully saturated rings. The zero-order valence-corrected chi connectivity index (χ0v) is 10.0. The number of alkyl halides is 3. The Labute approximate surface area is 98.9 Å². The lowest BCUT2D eigenvalue weighted by molar-refractivity contribution is -0.0304. The van der Waals surface area contributed by atoms with Crippen molar-refractivity contribution in [3.8, 4) is 5.75 Å². The molecular formula is C9H8BrClF2O2. The molecule has 0 aliphatic carbocycles. The number of aliphatic hydroxyl groups excluding tert-OH is 1. The molecule has 0 bridgehead atoms. The second-order valence-electron chi connectivity index (χ2n) is 2.80. The van der Waals surface area contributed by atoms with Gasteiger partial charge < -0.3 is 9.84 Å². The van der Waals surface area contributed by atoms with Gasteiger partial charge in [0, 0.05) is 5.56 Å². The van der Waals surface area contributed by atoms with E-state index in [0.29, 0.717) is 0 Å². The highest BCUT2D eigenvalue weighted by molar-refractivity contribution is 9.10. The number of hydrogen-bond donors (Lipinski definition) is 1. The maximum Gasteiger partial charge on any atom is 0.330 e. The summed E-state index contributed by atoms with van der Waals surface area (Å²) in [6.07, 6.45) is -2.05. The largest absolute Gasteiger partial charge is 0.496 e. The van der Waals surface area contributed by atoms with Gasteiger partial charge in [-0.1, -0.05) is 17.7 Å². The van der Waals surface area contributed by atoms with Crippen molar-refractivity contribution >= 4 is 27.5 Å². The average molecular weight is 302 g/mol. The Morgan fingerprint density at radius 2 is 2.13 bits per heavy atom. The monoisotopic (exact) mass is 300 g/mol. The van der Waals surface area contributed by atoms with Crippen LogP contribution in [0.2, 0.25) is 5.02 Å². The van der Waals surface area contributed by atoms with Gasteiger partial charge in [-0.25, -0.2) is 0 Å². The highest BCUT2D eigenvalue weighted by Gasteiger charge is 2.39. The fourth-order valence-corrected chi connectivity index (χ4v) is 1.62. The number of methoxy groups -OCH3 is 1. The van der Waals surface area contributed by atoms with Crippen LogP contribution in [0.25, 0.3) is 0 Å². The minimum Gasteiger partial charge on any atom is -0.496 e. The van der Waals surface area contributed by atoms with Crippen molar-refractivity contribution < 1.29 is 18.6 Å². The summed E-state index contributed by atoms with van der Waals surface area (Å²) in [6.45, 7) is 0. The zero-order chi connectivity index (χ0) is 11.6. The Kier molecular flexibility index (Phi) is 3.92. The Hall–Kier alpha value is -0.390. The molecule has 0 saturated heterocycles. The van der Waals surface area contributed by atoms with E-state index in [0.717, 1.165) is 0 Å². The van der Waals surface area contributed by atoms with E-state index in [4.69, 9.17) is 16.3 Å². The summed E-state index contributed by atoms with van der Waals surface area (Å²) in [6, 6.07) is 4.40. The van der Waals surface area contributed by atoms with Gasteiger partial charge >= 0.3 is 4.83 Å². The van der Waals surface area contributed by atoms with E-state index in [1.165, 1.54) is 19.2 Å². The van der Waals surface area contributed by atoms with E-state index in [1.54, 1.807) is 6.07 Å². The van der Waals surface area contributed by atoms with Crippen LogP contribution in [0, 0.1) is 0 Å². The van der Waals surface area contributed by atoms with Crippen LogP contribution in [0.3, 0.4) is 0 Å². The smallest absolute Gasteiger partial charge is 0.330 e. The Morgan fingerprint density at radius 1 is 1.53 bits per heavy atom. The third kappa shape index (κ3) is 2.80. The Balaban J connectivity index is 3.23. The molecule has 0 aliphatic heterocycles. The number of halogens is 4. The van der Waals surface area contributed by atoms with Crippen LogP contribution in [0.5, 0.6) is 5.75 Å². The van der Waals surface area contributed by atoms with E-state index in [2.05, 4.69) is 15.9 Å². The zero-order valence-electron chi connectivity index (χ0n) is 7.68. The van der Waals surface area contributed by atoms with Crippen LogP contribution >= 0.6 is 27.5 Å². The van der Waals surface area contributed by atoms with Crippen molar-refractivity contribution in [2.75, 3.05) is 7.11 Å². The summed E-state index contributed by atoms with van der Waals surface area (Å²) >= 11 is 7.80. The molecule has 84 valence electrons. The van der Waals surface area contributed by atoms with Crippen LogP contribution in [0.1, 0.15) is 11.7 Å². The number of rotatable bonds is 3. The van der Waals surface area contributed by atoms with Crippen molar-refractivity contribution in [1.82, 2.24) is 0 Å². The fraction of sp³-hybridized carbons (Fsp3) is 0.333. The Morgan fingerprint density at radius 3 is 2.60 bits per heavy atom. The topological polar surface area (TPSA) is 29.5 Å². The molecule has 0 spiro atoms. The van der Waals surface area contributed by atoms with Crippen molar-refractivity contribution in [2.24, 2.45) is 0 Å². The molecule has 0 amide bonds. The summed E-state index contributed by atoms with van der Waals surface area (Å²) in [5, 5.41) is 9.42. The molecule has 1 unspecified atom stereocenters. The van der Waals surface area contributed by atoms with Crippen LogP contribution in [-0.2, 0) is 0 Å². The van der Waals surface area contributed by atoms with Gasteiger partial charge in [0.05, 0.1) is 12.1 Å². The van der Waals surface area contributed by atoms with E-state index in [9.17, 15) is 13.9 Å². The average Bonchev–Trinajstić information content (AvgIpc) is 2.15. The van der Waals surface area contributed by atoms with Crippen molar-refractivity contribution in [1.29, 1.82) is 0 Å². The van der Waals surface area contributed by atoms with E-state index in [1.807, 2.05) is 0 Å². The first-order chi connectivity index (χ1) is 6.88. The van der Waals surface area contributed by atoms with Crippen molar-refractivity contribution in [3.05, 3.63) is 28.8 Å². The number of aliphatic hydroxyl groups is 1. The lowest BCUT2D eigenvalue weighted by Gasteiger charge is -2.20. The normalized spacial score (nSPS) is 13.7. The van der Waals surface area contributed by atoms with Gasteiger partial charge in [-0.3, -0.25) is 0 Å². The number of ether oxygens (including phenoxy) is 1. The summed E-state index contributed by atoms with van der Waals surface area (Å²) < 4.78 is 30.5. The highest BCUT2D eigenvalue weighted by atomic mass is 79.9. The molecule has 1 rings (SSSR count). The molecule has 2 nitrogen and oxygen atoms in total. The minimum atomic E-state index is -3.45. The van der Waals surface area contributed by atoms with Gasteiger partial charge in [0.2, 0.25) is 0 Å². The van der Waals surface area contributed by atoms with E-state index in [-0.39, 0.29) is 16.3 Å². The second kappa shape index (κ2) is 4.63. The van der Waals surface area contributed by atoms with Gasteiger partial charge in [-0.2, -0.15) is 8.78 Å². The second-order valence-corrected chi connectivity index (χ2v) is 4.26. The van der Waals surface area contributed by atoms with Gasteiger partial charge in [-0.15, -0.1) is 0 Å². The molecular weight excluding hydrogens is 293 g/mol. The first kappa shape index (κ1) is 12.7. The Bertz CT molecular complexity index is 354. The third-order valence-electron chi connectivity index (χ3n) is 1.82. The summed E-state index contributed by atoms with van der Waals surface area (Å²) in [7, 11) is 1.31. The van der Waals surface area contributed by atoms with Crippen LogP contribution < -0.4 is 4.74 Å². The predicted molar refractivity (Wildman–Crippen MR) is 56.8 cm³/mol. The standard InChI is InChI=1S/C9H8BrClF2O2/c1-15-6-4-2-3-5(11)7(6)8(14)9(10,12)13/h2-4,8,14H,1H3. The number of hydrogen-bond acceptors (Lipinski definition) is 2. The van der Waals surface area contributed by atoms with Gasteiger partial charge in [-0.05, 0) is 28.1 Å². The maximum atomic E-state index is 12.9. The quantitative estimate of drug-likeness (QED) is 0.867. The molecule has 6 heteroatoms. The third-order valence-corrected chi connectivity index (χ3v) is 2.58. The molecule has 0 heterocycles. The van der Waals surface area contributed by atoms with E-state index >= 15 is 0 Å². The maximum absolute atomic E-state index is 12.9. The molecule has 0 radical (unpaired) electrons. The first-order valence-electron chi connectivity index (χ1n) is 3.95. The van der Waals surface area contributed by atoms with Gasteiger partial charge in [0.1, 0.15) is 5.75 Å². The molecule has 1 N–H and O–H groups in total. The van der Waals surface area contributed by atoms with E-state index < -0.39 is 10.9 Å². The minimum absolute atomic E-state index is 0.0287. The lowest BCUT2D eigenvalue weighted by Crippen LogP contribution is -2.19. The first-order valence-corrected chi connectivity index (χ1v) is 5.12. The molecule has 0 aliphatic rings. The fourth-order valence-electron chi connectivity index (χ4n) is 1.12. The highest BCUT2D eigenvalue weighted by Crippen LogP contribution is 2.43. The summed E-state index contributed by atoms with van der Waals surface area (Å²) in [4.78, 5) is -3.45. The molecule has 0 saturated carbocycles. The van der Waals surface area contributed by atoms with Crippen LogP contribution in [-0.4, -0.2) is 17.0 Å². The SMILES string of the molecule is COc1cccc(Cl)c1C(O)C(F)(F)Br. The summed E-state index contributed by atoms with van der Waals surface area (Å²) in [5.41, 5.74) is -0.136. The summed E-state index contributed by atoms with van der Waals surface area (Å²) in [5.74, 6) is 0.120. The molecule has 1 atom stereocenters.